The fourth-order valence-electron chi connectivity index (χ4n) is 2.59. The lowest BCUT2D eigenvalue weighted by atomic mass is 10.2. The van der Waals surface area contributed by atoms with E-state index < -0.39 is 7.60 Å². The molecule has 0 spiro atoms. The number of benzene rings is 2. The Balaban J connectivity index is 1.95. The van der Waals surface area contributed by atoms with Gasteiger partial charge in [-0.1, -0.05) is 48.0 Å². The van der Waals surface area contributed by atoms with Crippen molar-refractivity contribution in [3.63, 3.8) is 0 Å². The lowest BCUT2D eigenvalue weighted by Gasteiger charge is -2.14. The normalized spacial score (nSPS) is 11.8. The second kappa shape index (κ2) is 9.65. The number of nitrogens with one attached hydrogen (secondary N) is 1. The predicted molar refractivity (Wildman–Crippen MR) is 115 cm³/mol. The van der Waals surface area contributed by atoms with Gasteiger partial charge in [-0.25, -0.2) is 5.43 Å². The second-order valence-electron chi connectivity index (χ2n) is 6.15. The molecule has 0 aliphatic carbocycles. The number of aromatic nitrogens is 1. The molecule has 0 fully saturated rings. The van der Waals surface area contributed by atoms with Crippen LogP contribution in [0.5, 0.6) is 0 Å². The van der Waals surface area contributed by atoms with Crippen molar-refractivity contribution in [3.05, 3.63) is 65.7 Å². The number of anilines is 1. The Hall–Kier alpha value is -2.73. The maximum absolute atomic E-state index is 13.3. The third-order valence-electron chi connectivity index (χ3n) is 3.94. The number of hydrazone groups is 1. The largest absolute Gasteiger partial charge is 0.418 e. The average molecular weight is 413 g/mol. The summed E-state index contributed by atoms with van der Waals surface area (Å²) in [5.74, 6) is 0.422. The first kappa shape index (κ1) is 21.0. The van der Waals surface area contributed by atoms with Gasteiger partial charge in [0.2, 0.25) is 17.2 Å². The number of aryl methyl sites for hydroxylation is 1. The van der Waals surface area contributed by atoms with Crippen molar-refractivity contribution in [3.8, 4) is 11.5 Å². The van der Waals surface area contributed by atoms with Crippen LogP contribution >= 0.6 is 7.60 Å². The number of hydrogen-bond acceptors (Lipinski definition) is 7. The van der Waals surface area contributed by atoms with Crippen LogP contribution in [0.15, 0.2) is 64.1 Å². The summed E-state index contributed by atoms with van der Waals surface area (Å²) in [6, 6.07) is 17.2. The average Bonchev–Trinajstić information content (AvgIpc) is 3.16. The Morgan fingerprint density at radius 2 is 1.72 bits per heavy atom. The third kappa shape index (κ3) is 5.21. The van der Waals surface area contributed by atoms with E-state index in [-0.39, 0.29) is 24.5 Å². The van der Waals surface area contributed by atoms with Crippen LogP contribution in [0.4, 0.5) is 5.88 Å². The lowest BCUT2D eigenvalue weighted by molar-refractivity contribution is 0.229. The molecule has 7 nitrogen and oxygen atoms in total. The van der Waals surface area contributed by atoms with Crippen LogP contribution in [0, 0.1) is 6.92 Å². The smallest absolute Gasteiger partial charge is 0.385 e. The van der Waals surface area contributed by atoms with Crippen LogP contribution in [-0.4, -0.2) is 24.4 Å². The van der Waals surface area contributed by atoms with E-state index in [4.69, 9.17) is 13.5 Å². The van der Waals surface area contributed by atoms with Gasteiger partial charge >= 0.3 is 7.60 Å². The Labute approximate surface area is 170 Å². The molecule has 0 unspecified atom stereocenters. The van der Waals surface area contributed by atoms with E-state index in [1.807, 2.05) is 61.5 Å². The maximum atomic E-state index is 13.3. The summed E-state index contributed by atoms with van der Waals surface area (Å²) in [5, 5.41) is 4.20. The van der Waals surface area contributed by atoms with Gasteiger partial charge in [-0.2, -0.15) is 10.1 Å². The maximum Gasteiger partial charge on any atom is 0.385 e. The van der Waals surface area contributed by atoms with Crippen molar-refractivity contribution < 1.29 is 18.0 Å². The number of nitrogens with zero attached hydrogens (tertiary/aromatic N) is 2. The Kier molecular flexibility index (Phi) is 6.99. The first-order valence-corrected chi connectivity index (χ1v) is 10.9. The van der Waals surface area contributed by atoms with Gasteiger partial charge in [0, 0.05) is 5.56 Å². The van der Waals surface area contributed by atoms with Gasteiger partial charge in [0.25, 0.3) is 0 Å². The van der Waals surface area contributed by atoms with E-state index in [1.54, 1.807) is 20.1 Å². The van der Waals surface area contributed by atoms with Crippen molar-refractivity contribution in [2.75, 3.05) is 18.6 Å². The highest BCUT2D eigenvalue weighted by Crippen LogP contribution is 2.49. The highest BCUT2D eigenvalue weighted by molar-refractivity contribution is 7.62. The molecule has 3 rings (SSSR count). The quantitative estimate of drug-likeness (QED) is 0.302. The Morgan fingerprint density at radius 3 is 2.34 bits per heavy atom. The molecule has 3 aromatic rings. The summed E-state index contributed by atoms with van der Waals surface area (Å²) >= 11 is 0. The molecular formula is C21H24N3O4P. The van der Waals surface area contributed by atoms with Gasteiger partial charge in [0.1, 0.15) is 0 Å². The summed E-state index contributed by atoms with van der Waals surface area (Å²) in [4.78, 5) is 4.41. The topological polar surface area (TPSA) is 86.0 Å². The van der Waals surface area contributed by atoms with Gasteiger partial charge in [-0.05, 0) is 38.5 Å². The van der Waals surface area contributed by atoms with Gasteiger partial charge < -0.3 is 13.5 Å². The first-order chi connectivity index (χ1) is 14.1. The van der Waals surface area contributed by atoms with Gasteiger partial charge in [-0.15, -0.1) is 0 Å². The molecule has 8 heteroatoms. The molecule has 0 amide bonds. The summed E-state index contributed by atoms with van der Waals surface area (Å²) in [7, 11) is -3.67. The molecule has 0 aliphatic heterocycles. The molecule has 2 aromatic carbocycles. The monoisotopic (exact) mass is 413 g/mol. The van der Waals surface area contributed by atoms with Crippen molar-refractivity contribution >= 4 is 25.1 Å². The number of hydrogen-bond donors (Lipinski definition) is 1. The predicted octanol–water partition coefficient (Wildman–Crippen LogP) is 4.99. The van der Waals surface area contributed by atoms with Crippen LogP contribution in [0.1, 0.15) is 25.0 Å². The molecule has 1 aromatic heterocycles. The van der Waals surface area contributed by atoms with Crippen LogP contribution < -0.4 is 10.9 Å². The minimum atomic E-state index is -3.67. The van der Waals surface area contributed by atoms with E-state index in [0.717, 1.165) is 16.7 Å². The van der Waals surface area contributed by atoms with Crippen LogP contribution in [0.25, 0.3) is 11.5 Å². The third-order valence-corrected chi connectivity index (χ3v) is 5.96. The molecule has 0 atom stereocenters. The summed E-state index contributed by atoms with van der Waals surface area (Å²) < 4.78 is 30.0. The van der Waals surface area contributed by atoms with Crippen molar-refractivity contribution in [2.24, 2.45) is 5.10 Å². The molecule has 0 saturated heterocycles. The van der Waals surface area contributed by atoms with Crippen molar-refractivity contribution in [2.45, 2.75) is 20.8 Å². The number of oxazole rings is 1. The number of rotatable bonds is 9. The fourth-order valence-corrected chi connectivity index (χ4v) is 4.15. The molecule has 29 heavy (non-hydrogen) atoms. The molecular weight excluding hydrogens is 389 g/mol. The van der Waals surface area contributed by atoms with Gasteiger partial charge in [0.05, 0.1) is 19.4 Å². The minimum absolute atomic E-state index is 0.0705. The highest BCUT2D eigenvalue weighted by Gasteiger charge is 2.35. The molecule has 0 aliphatic rings. The summed E-state index contributed by atoms with van der Waals surface area (Å²) in [5.41, 5.74) is 5.68. The zero-order valence-electron chi connectivity index (χ0n) is 16.7. The zero-order chi connectivity index (χ0) is 20.7. The van der Waals surface area contributed by atoms with Crippen LogP contribution in [0.3, 0.4) is 0 Å². The summed E-state index contributed by atoms with van der Waals surface area (Å²) in [6.07, 6.45) is 1.64. The van der Waals surface area contributed by atoms with Gasteiger partial charge in [0.15, 0.2) is 0 Å². The molecule has 0 saturated carbocycles. The molecule has 1 heterocycles. The molecule has 1 N–H and O–H groups in total. The highest BCUT2D eigenvalue weighted by atomic mass is 31.2. The van der Waals surface area contributed by atoms with Crippen molar-refractivity contribution in [1.29, 1.82) is 0 Å². The molecule has 0 radical (unpaired) electrons. The fraction of sp³-hybridized carbons (Fsp3) is 0.238. The van der Waals surface area contributed by atoms with Gasteiger partial charge in [-0.3, -0.25) is 4.57 Å². The Bertz CT molecular complexity index is 991. The minimum Gasteiger partial charge on any atom is -0.418 e. The molecule has 152 valence electrons. The van der Waals surface area contributed by atoms with Crippen molar-refractivity contribution in [1.82, 2.24) is 4.98 Å². The van der Waals surface area contributed by atoms with E-state index in [9.17, 15) is 4.57 Å². The van der Waals surface area contributed by atoms with Crippen LogP contribution in [-0.2, 0) is 13.6 Å². The van der Waals surface area contributed by atoms with E-state index >= 15 is 0 Å². The van der Waals surface area contributed by atoms with E-state index in [2.05, 4.69) is 15.5 Å². The second-order valence-corrected chi connectivity index (χ2v) is 8.09. The zero-order valence-corrected chi connectivity index (χ0v) is 17.6. The summed E-state index contributed by atoms with van der Waals surface area (Å²) in [6.45, 7) is 5.91. The standard InChI is InChI=1S/C21H24N3O4P/c1-4-26-29(25,27-5-2)21-20(24-22-15-17-13-11-16(3)12-14-17)28-19(23-21)18-9-7-6-8-10-18/h6-15,24H,4-5H2,1-3H3. The molecule has 0 bridgehead atoms. The lowest BCUT2D eigenvalue weighted by Crippen LogP contribution is -2.15. The first-order valence-electron chi connectivity index (χ1n) is 9.37. The SMILES string of the molecule is CCOP(=O)(OCC)c1nc(-c2ccccc2)oc1NN=Cc1ccc(C)cc1. The van der Waals surface area contributed by atoms with E-state index in [0.29, 0.717) is 5.89 Å². The Morgan fingerprint density at radius 1 is 1.07 bits per heavy atom. The van der Waals surface area contributed by atoms with E-state index in [1.165, 1.54) is 0 Å². The van der Waals surface area contributed by atoms with Crippen LogP contribution in [0.2, 0.25) is 0 Å².